The second-order valence-electron chi connectivity index (χ2n) is 28.8. The summed E-state index contributed by atoms with van der Waals surface area (Å²) in [6, 6.07) is 0. The van der Waals surface area contributed by atoms with Crippen molar-refractivity contribution in [1.29, 1.82) is 0 Å². The van der Waals surface area contributed by atoms with E-state index in [9.17, 15) is 0 Å². The topological polar surface area (TPSA) is 231 Å². The standard InChI is InChI=1S/C16H26N2O2.3C14H22N2O2.2C12H18N2O2/c1-5-10-19-16-14(12(3)6-2)17-15(20-16)13-8-7-9-18(4)11-13;1-10(2)8-12-14(17-4)18-13(15-12)11-6-5-7-16(3)9-11;1-5-10(2)12-14(17-4)18-13(15-12)11-7-6-8-16(3)9-11;1-4-5-8-12-14(17-3)18-13(15-12)11-7-6-9-16(2)10-11;1-4-10-12(15-3)16-11(13-10)9-6-5-7-14(2)8-9;1-4-15-12-9(2)13-11(16-12)10-6-5-7-14(3)8-10/h8,12H,5-7,9-11H2,1-4H3;6,10H,5,7-9H2,1-4H3;7,10H,5-6,8-9H2,1-4H3;7H,4-6,8-10H2,1-3H3;2*6H,4-5,7-8H2,1-3H3/t12-;;10-;;;/m1.1.../s1. The molecule has 0 radical (unpaired) electrons. The number of rotatable bonds is 25. The van der Waals surface area contributed by atoms with Crippen LogP contribution in [0.5, 0.6) is 35.7 Å². The summed E-state index contributed by atoms with van der Waals surface area (Å²) in [5.74, 6) is 8.98. The highest BCUT2D eigenvalue weighted by Crippen LogP contribution is 2.36. The lowest BCUT2D eigenvalue weighted by atomic mass is 10.1. The summed E-state index contributed by atoms with van der Waals surface area (Å²) in [6.07, 6.45) is 27.5. The summed E-state index contributed by atoms with van der Waals surface area (Å²) in [4.78, 5) is 41.0. The molecule has 12 rings (SSSR count). The molecule has 0 amide bonds. The van der Waals surface area contributed by atoms with Crippen LogP contribution in [-0.2, 0) is 19.3 Å². The SMILES string of the molecule is CCCCc1nc(C2=CCCN(C)C2)oc1OC.CCCOc1oc(C2=CCCN(C)C2)nc1[C@H](C)CC.CCOc1oc(C2=CCCN(C)C2)nc1C.CC[C@@H](C)c1nc(C2=CCCN(C)C2)oc1OC.CCc1nc(C2=CCCN(C)C2)oc1OC.COc1oc(C2=CCCN(C)C2)nc1CC(C)C. The van der Waals surface area contributed by atoms with Crippen molar-refractivity contribution in [3.05, 3.63) is 106 Å². The Morgan fingerprint density at radius 2 is 0.698 bits per heavy atom. The van der Waals surface area contributed by atoms with Gasteiger partial charge in [0, 0.05) is 124 Å². The van der Waals surface area contributed by atoms with Gasteiger partial charge in [-0.05, 0) is 146 Å². The van der Waals surface area contributed by atoms with E-state index in [0.717, 1.165) is 237 Å². The number of hydrogen-bond acceptors (Lipinski definition) is 24. The van der Waals surface area contributed by atoms with Crippen LogP contribution in [0.15, 0.2) is 63.0 Å². The number of ether oxygens (including phenoxy) is 6. The Labute approximate surface area is 632 Å². The highest BCUT2D eigenvalue weighted by atomic mass is 16.6. The molecule has 0 N–H and O–H groups in total. The van der Waals surface area contributed by atoms with Crippen molar-refractivity contribution in [1.82, 2.24) is 59.3 Å². The van der Waals surface area contributed by atoms with Gasteiger partial charge in [0.1, 0.15) is 34.2 Å². The molecule has 24 nitrogen and oxygen atoms in total. The molecular formula is C82H128N12O12. The Morgan fingerprint density at radius 3 is 1.03 bits per heavy atom. The molecule has 6 aliphatic heterocycles. The first-order chi connectivity index (χ1) is 51.1. The number of aryl methyl sites for hydroxylation is 3. The summed E-state index contributed by atoms with van der Waals surface area (Å²) in [5.41, 5.74) is 12.5. The highest BCUT2D eigenvalue weighted by Gasteiger charge is 2.27. The molecule has 0 saturated carbocycles. The van der Waals surface area contributed by atoms with Crippen molar-refractivity contribution in [2.24, 2.45) is 5.92 Å². The fourth-order valence-corrected chi connectivity index (χ4v) is 12.6. The quantitative estimate of drug-likeness (QED) is 0.0518. The van der Waals surface area contributed by atoms with Gasteiger partial charge in [-0.3, -0.25) is 0 Å². The van der Waals surface area contributed by atoms with Gasteiger partial charge in [-0.1, -0.05) is 105 Å². The Morgan fingerprint density at radius 1 is 0.377 bits per heavy atom. The predicted octanol–water partition coefficient (Wildman–Crippen LogP) is 16.0. The lowest BCUT2D eigenvalue weighted by Crippen LogP contribution is -2.25. The summed E-state index contributed by atoms with van der Waals surface area (Å²) in [5, 5.41) is 0. The van der Waals surface area contributed by atoms with E-state index < -0.39 is 0 Å². The predicted molar refractivity (Wildman–Crippen MR) is 421 cm³/mol. The van der Waals surface area contributed by atoms with Gasteiger partial charge in [0.25, 0.3) is 0 Å². The first-order valence-electron chi connectivity index (χ1n) is 38.8. The van der Waals surface area contributed by atoms with E-state index in [1.165, 1.54) is 11.1 Å². The van der Waals surface area contributed by atoms with E-state index in [-0.39, 0.29) is 0 Å². The molecule has 24 heteroatoms. The molecule has 0 fully saturated rings. The monoisotopic (exact) mass is 1470 g/mol. The molecule has 0 spiro atoms. The van der Waals surface area contributed by atoms with Crippen LogP contribution in [0.2, 0.25) is 0 Å². The number of hydrogen-bond donors (Lipinski definition) is 0. The summed E-state index contributed by atoms with van der Waals surface area (Å²) < 4.78 is 66.4. The van der Waals surface area contributed by atoms with Gasteiger partial charge in [-0.2, -0.15) is 0 Å². The van der Waals surface area contributed by atoms with Crippen molar-refractivity contribution < 1.29 is 54.9 Å². The lowest BCUT2D eigenvalue weighted by molar-refractivity contribution is 0.236. The van der Waals surface area contributed by atoms with Gasteiger partial charge in [0.05, 0.1) is 41.7 Å². The first kappa shape index (κ1) is 85.5. The normalized spacial score (nSPS) is 17.5. The van der Waals surface area contributed by atoms with Gasteiger partial charge in [-0.25, -0.2) is 29.9 Å². The molecular weight excluding hydrogens is 1340 g/mol. The van der Waals surface area contributed by atoms with E-state index in [0.29, 0.717) is 90.2 Å². The highest BCUT2D eigenvalue weighted by molar-refractivity contribution is 5.65. The average Bonchev–Trinajstić information content (AvgIpc) is 1.74. The maximum Gasteiger partial charge on any atom is 0.309 e. The molecule has 106 heavy (non-hydrogen) atoms. The smallest absolute Gasteiger partial charge is 0.309 e. The van der Waals surface area contributed by atoms with Crippen LogP contribution >= 0.6 is 0 Å². The van der Waals surface area contributed by atoms with Crippen LogP contribution < -0.4 is 28.4 Å². The minimum absolute atomic E-state index is 0.361. The molecule has 0 bridgehead atoms. The minimum atomic E-state index is 0.361. The maximum atomic E-state index is 5.90. The molecule has 0 aliphatic carbocycles. The number of likely N-dealkylation sites (N-methyl/N-ethyl adjacent to an activating group) is 6. The molecule has 0 aromatic carbocycles. The second-order valence-corrected chi connectivity index (χ2v) is 28.8. The Hall–Kier alpha value is -7.74. The second kappa shape index (κ2) is 43.9. The summed E-state index contributed by atoms with van der Waals surface area (Å²) >= 11 is 0. The number of nitrogens with zero attached hydrogens (tertiary/aromatic N) is 12. The zero-order chi connectivity index (χ0) is 76.8. The third-order valence-corrected chi connectivity index (χ3v) is 19.0. The van der Waals surface area contributed by atoms with Gasteiger partial charge in [0.2, 0.25) is 35.3 Å². The van der Waals surface area contributed by atoms with Gasteiger partial charge < -0.3 is 84.3 Å². The number of methoxy groups -OCH3 is 4. The van der Waals surface area contributed by atoms with Gasteiger partial charge >= 0.3 is 35.7 Å². The van der Waals surface area contributed by atoms with Crippen LogP contribution in [0.1, 0.15) is 221 Å². The maximum absolute atomic E-state index is 5.90. The van der Waals surface area contributed by atoms with Crippen molar-refractivity contribution in [3.8, 4) is 35.7 Å². The first-order valence-corrected chi connectivity index (χ1v) is 38.8. The van der Waals surface area contributed by atoms with Crippen LogP contribution in [0.4, 0.5) is 0 Å². The van der Waals surface area contributed by atoms with Gasteiger partial charge in [0.15, 0.2) is 0 Å². The van der Waals surface area contributed by atoms with E-state index in [2.05, 4.69) is 188 Å². The van der Waals surface area contributed by atoms with E-state index in [1.54, 1.807) is 28.4 Å². The Kier molecular flexibility index (Phi) is 35.4. The van der Waals surface area contributed by atoms with Crippen LogP contribution in [0.3, 0.4) is 0 Å². The lowest BCUT2D eigenvalue weighted by Gasteiger charge is -2.20. The minimum Gasteiger partial charge on any atom is -0.467 e. The fraction of sp³-hybridized carbons (Fsp3) is 0.634. The van der Waals surface area contributed by atoms with Gasteiger partial charge in [-0.15, -0.1) is 0 Å². The summed E-state index contributed by atoms with van der Waals surface area (Å²) in [7, 11) is 19.2. The third kappa shape index (κ3) is 25.5. The number of unbranched alkanes of at least 4 members (excludes halogenated alkanes) is 1. The molecule has 0 unspecified atom stereocenters. The zero-order valence-corrected chi connectivity index (χ0v) is 68.3. The van der Waals surface area contributed by atoms with E-state index in [1.807, 2.05) is 20.8 Å². The molecule has 12 heterocycles. The largest absolute Gasteiger partial charge is 0.467 e. The fourth-order valence-electron chi connectivity index (χ4n) is 12.6. The molecule has 588 valence electrons. The number of aromatic nitrogens is 6. The summed E-state index contributed by atoms with van der Waals surface area (Å²) in [6.45, 7) is 36.4. The van der Waals surface area contributed by atoms with Crippen molar-refractivity contribution in [2.45, 2.75) is 178 Å². The number of oxazole rings is 6. The molecule has 2 atom stereocenters. The molecule has 6 aromatic heterocycles. The Balaban J connectivity index is 0.000000178. The zero-order valence-electron chi connectivity index (χ0n) is 68.3. The van der Waals surface area contributed by atoms with Crippen molar-refractivity contribution in [2.75, 3.05) is 162 Å². The van der Waals surface area contributed by atoms with E-state index in [4.69, 9.17) is 59.9 Å². The molecule has 6 aromatic rings. The van der Waals surface area contributed by atoms with Crippen LogP contribution in [0.25, 0.3) is 33.4 Å². The molecule has 6 aliphatic rings. The van der Waals surface area contributed by atoms with Crippen molar-refractivity contribution in [3.63, 3.8) is 0 Å². The average molecular weight is 1470 g/mol. The molecule has 0 saturated heterocycles. The Bertz CT molecular complexity index is 3780. The van der Waals surface area contributed by atoms with Crippen LogP contribution in [-0.4, -0.2) is 222 Å². The van der Waals surface area contributed by atoms with E-state index >= 15 is 0 Å². The van der Waals surface area contributed by atoms with Crippen molar-refractivity contribution >= 4 is 33.4 Å². The third-order valence-electron chi connectivity index (χ3n) is 19.0. The van der Waals surface area contributed by atoms with Crippen LogP contribution in [0, 0.1) is 12.8 Å².